The molecule has 0 aliphatic heterocycles. The molecule has 4 nitrogen and oxygen atoms in total. The van der Waals surface area contributed by atoms with Crippen molar-refractivity contribution in [2.75, 3.05) is 5.32 Å². The molecule has 0 fully saturated rings. The summed E-state index contributed by atoms with van der Waals surface area (Å²) in [6.45, 7) is 4.15. The predicted octanol–water partition coefficient (Wildman–Crippen LogP) is 2.48. The monoisotopic (exact) mass is 226 g/mol. The van der Waals surface area contributed by atoms with Gasteiger partial charge in [-0.15, -0.1) is 21.5 Å². The Bertz CT molecular complexity index is 393. The summed E-state index contributed by atoms with van der Waals surface area (Å²) >= 11 is 3.13. The molecule has 2 aromatic heterocycles. The molecule has 0 amide bonds. The first-order chi connectivity index (χ1) is 6.75. The average Bonchev–Trinajstić information content (AvgIpc) is 2.69. The molecule has 0 aromatic carbocycles. The lowest BCUT2D eigenvalue weighted by Crippen LogP contribution is -2.08. The summed E-state index contributed by atoms with van der Waals surface area (Å²) in [6, 6.07) is 0.386. The van der Waals surface area contributed by atoms with Crippen LogP contribution in [0.3, 0.4) is 0 Å². The van der Waals surface area contributed by atoms with Gasteiger partial charge in [-0.25, -0.2) is 0 Å². The van der Waals surface area contributed by atoms with E-state index in [-0.39, 0.29) is 0 Å². The zero-order valence-corrected chi connectivity index (χ0v) is 9.52. The molecule has 0 aliphatic rings. The van der Waals surface area contributed by atoms with Crippen LogP contribution in [0.2, 0.25) is 0 Å². The van der Waals surface area contributed by atoms with Crippen LogP contribution in [0.5, 0.6) is 0 Å². The number of nitrogens with zero attached hydrogens (tertiary/aromatic N) is 3. The van der Waals surface area contributed by atoms with Gasteiger partial charge in [0.15, 0.2) is 5.01 Å². The Labute approximate surface area is 90.0 Å². The Kier molecular flexibility index (Phi) is 2.74. The molecule has 74 valence electrons. The molecule has 0 saturated heterocycles. The fraction of sp³-hybridized carbons (Fsp3) is 0.375. The van der Waals surface area contributed by atoms with Crippen LogP contribution in [-0.2, 0) is 0 Å². The zero-order chi connectivity index (χ0) is 9.97. The molecule has 14 heavy (non-hydrogen) atoms. The molecule has 6 heteroatoms. The Morgan fingerprint density at radius 1 is 1.36 bits per heavy atom. The predicted molar refractivity (Wildman–Crippen MR) is 59.8 cm³/mol. The van der Waals surface area contributed by atoms with Gasteiger partial charge in [0.1, 0.15) is 0 Å². The zero-order valence-electron chi connectivity index (χ0n) is 7.89. The summed E-state index contributed by atoms with van der Waals surface area (Å²) in [5.41, 5.74) is 1.80. The SMILES string of the molecule is CC(C)Nc1nnc(-c2cncs2)s1. The molecule has 0 aliphatic carbocycles. The lowest BCUT2D eigenvalue weighted by molar-refractivity contribution is 0.888. The molecular formula is C8H10N4S2. The van der Waals surface area contributed by atoms with Gasteiger partial charge in [0, 0.05) is 12.2 Å². The van der Waals surface area contributed by atoms with E-state index >= 15 is 0 Å². The maximum Gasteiger partial charge on any atom is 0.206 e. The van der Waals surface area contributed by atoms with Gasteiger partial charge in [0.2, 0.25) is 5.13 Å². The third-order valence-corrected chi connectivity index (χ3v) is 3.28. The first-order valence-corrected chi connectivity index (χ1v) is 5.94. The second-order valence-electron chi connectivity index (χ2n) is 3.08. The minimum atomic E-state index is 0.386. The Hall–Kier alpha value is -1.01. The van der Waals surface area contributed by atoms with Gasteiger partial charge in [-0.05, 0) is 13.8 Å². The largest absolute Gasteiger partial charge is 0.358 e. The Morgan fingerprint density at radius 2 is 2.21 bits per heavy atom. The van der Waals surface area contributed by atoms with Crippen LogP contribution in [-0.4, -0.2) is 21.2 Å². The van der Waals surface area contributed by atoms with Crippen LogP contribution < -0.4 is 5.32 Å². The summed E-state index contributed by atoms with van der Waals surface area (Å²) in [6.07, 6.45) is 1.81. The first kappa shape index (κ1) is 9.54. The van der Waals surface area contributed by atoms with Crippen molar-refractivity contribution in [1.82, 2.24) is 15.2 Å². The van der Waals surface area contributed by atoms with E-state index in [0.29, 0.717) is 6.04 Å². The smallest absolute Gasteiger partial charge is 0.206 e. The molecular weight excluding hydrogens is 216 g/mol. The lowest BCUT2D eigenvalue weighted by Gasteiger charge is -2.02. The second kappa shape index (κ2) is 4.02. The molecule has 2 heterocycles. The number of nitrogens with one attached hydrogen (secondary N) is 1. The van der Waals surface area contributed by atoms with Gasteiger partial charge in [-0.3, -0.25) is 4.98 Å². The molecule has 1 N–H and O–H groups in total. The second-order valence-corrected chi connectivity index (χ2v) is 4.94. The number of hydrogen-bond donors (Lipinski definition) is 1. The number of hydrogen-bond acceptors (Lipinski definition) is 6. The molecule has 2 rings (SSSR count). The summed E-state index contributed by atoms with van der Waals surface area (Å²) in [5, 5.41) is 13.1. The molecule has 0 bridgehead atoms. The van der Waals surface area contributed by atoms with Gasteiger partial charge >= 0.3 is 0 Å². The molecule has 0 unspecified atom stereocenters. The van der Waals surface area contributed by atoms with Gasteiger partial charge in [0.25, 0.3) is 0 Å². The summed E-state index contributed by atoms with van der Waals surface area (Å²) in [5.74, 6) is 0. The van der Waals surface area contributed by atoms with E-state index in [9.17, 15) is 0 Å². The normalized spacial score (nSPS) is 10.8. The first-order valence-electron chi connectivity index (χ1n) is 4.24. The average molecular weight is 226 g/mol. The third-order valence-electron chi connectivity index (χ3n) is 1.48. The van der Waals surface area contributed by atoms with E-state index in [1.165, 1.54) is 0 Å². The third kappa shape index (κ3) is 2.08. The summed E-state index contributed by atoms with van der Waals surface area (Å²) in [7, 11) is 0. The van der Waals surface area contributed by atoms with E-state index in [1.807, 2.05) is 6.20 Å². The minimum absolute atomic E-state index is 0.386. The van der Waals surface area contributed by atoms with Crippen molar-refractivity contribution in [2.45, 2.75) is 19.9 Å². The lowest BCUT2D eigenvalue weighted by atomic mass is 10.4. The van der Waals surface area contributed by atoms with Gasteiger partial charge in [-0.1, -0.05) is 11.3 Å². The van der Waals surface area contributed by atoms with Crippen LogP contribution in [0.25, 0.3) is 9.88 Å². The van der Waals surface area contributed by atoms with Gasteiger partial charge < -0.3 is 5.32 Å². The highest BCUT2D eigenvalue weighted by molar-refractivity contribution is 7.22. The fourth-order valence-corrected chi connectivity index (χ4v) is 2.51. The minimum Gasteiger partial charge on any atom is -0.358 e. The van der Waals surface area contributed by atoms with E-state index in [1.54, 1.807) is 28.2 Å². The van der Waals surface area contributed by atoms with Crippen LogP contribution in [0.1, 0.15) is 13.8 Å². The van der Waals surface area contributed by atoms with Crippen molar-refractivity contribution in [3.05, 3.63) is 11.7 Å². The Morgan fingerprint density at radius 3 is 2.86 bits per heavy atom. The highest BCUT2D eigenvalue weighted by atomic mass is 32.1. The molecule has 2 aromatic rings. The summed E-state index contributed by atoms with van der Waals surface area (Å²) in [4.78, 5) is 5.07. The van der Waals surface area contributed by atoms with Crippen LogP contribution in [0.4, 0.5) is 5.13 Å². The molecule has 0 radical (unpaired) electrons. The topological polar surface area (TPSA) is 50.7 Å². The quantitative estimate of drug-likeness (QED) is 0.873. The van der Waals surface area contributed by atoms with E-state index in [2.05, 4.69) is 34.3 Å². The number of anilines is 1. The van der Waals surface area contributed by atoms with Crippen molar-refractivity contribution in [3.63, 3.8) is 0 Å². The van der Waals surface area contributed by atoms with E-state index in [4.69, 9.17) is 0 Å². The van der Waals surface area contributed by atoms with Crippen LogP contribution in [0, 0.1) is 0 Å². The number of aromatic nitrogens is 3. The highest BCUT2D eigenvalue weighted by Gasteiger charge is 2.07. The maximum absolute atomic E-state index is 4.09. The number of thiazole rings is 1. The summed E-state index contributed by atoms with van der Waals surface area (Å²) < 4.78 is 0. The van der Waals surface area contributed by atoms with Crippen molar-refractivity contribution in [3.8, 4) is 9.88 Å². The fourth-order valence-electron chi connectivity index (χ4n) is 0.949. The van der Waals surface area contributed by atoms with Crippen molar-refractivity contribution in [1.29, 1.82) is 0 Å². The highest BCUT2D eigenvalue weighted by Crippen LogP contribution is 2.28. The van der Waals surface area contributed by atoms with Crippen molar-refractivity contribution < 1.29 is 0 Å². The molecule has 0 spiro atoms. The Balaban J connectivity index is 2.18. The maximum atomic E-state index is 4.09. The van der Waals surface area contributed by atoms with Crippen LogP contribution >= 0.6 is 22.7 Å². The van der Waals surface area contributed by atoms with E-state index in [0.717, 1.165) is 15.0 Å². The molecule has 0 atom stereocenters. The van der Waals surface area contributed by atoms with Crippen molar-refractivity contribution >= 4 is 27.8 Å². The van der Waals surface area contributed by atoms with Gasteiger partial charge in [-0.2, -0.15) is 0 Å². The molecule has 0 saturated carbocycles. The van der Waals surface area contributed by atoms with E-state index < -0.39 is 0 Å². The van der Waals surface area contributed by atoms with Crippen molar-refractivity contribution in [2.24, 2.45) is 0 Å². The standard InChI is InChI=1S/C8H10N4S2/c1-5(2)10-8-12-11-7(14-8)6-3-9-4-13-6/h3-5H,1-2H3,(H,10,12). The number of rotatable bonds is 3. The van der Waals surface area contributed by atoms with Gasteiger partial charge in [0.05, 0.1) is 10.4 Å². The van der Waals surface area contributed by atoms with Crippen LogP contribution in [0.15, 0.2) is 11.7 Å².